The van der Waals surface area contributed by atoms with Gasteiger partial charge in [-0.15, -0.1) is 12.4 Å². The maximum absolute atomic E-state index is 12.0. The van der Waals surface area contributed by atoms with Crippen molar-refractivity contribution >= 4 is 18.3 Å². The van der Waals surface area contributed by atoms with Gasteiger partial charge in [-0.25, -0.2) is 0 Å². The topological polar surface area (TPSA) is 50.4 Å². The number of hydrogen-bond acceptors (Lipinski definition) is 3. The van der Waals surface area contributed by atoms with Crippen molar-refractivity contribution in [1.82, 2.24) is 10.6 Å². The van der Waals surface area contributed by atoms with Crippen LogP contribution in [0, 0.1) is 6.92 Å². The van der Waals surface area contributed by atoms with E-state index in [2.05, 4.69) is 10.6 Å². The molecule has 1 aliphatic heterocycles. The number of hydrogen-bond donors (Lipinski definition) is 2. The average molecular weight is 299 g/mol. The molecule has 4 nitrogen and oxygen atoms in total. The molecule has 1 atom stereocenters. The largest absolute Gasteiger partial charge is 0.496 e. The lowest BCUT2D eigenvalue weighted by Crippen LogP contribution is -2.46. The van der Waals surface area contributed by atoms with Gasteiger partial charge in [-0.1, -0.05) is 18.6 Å². The summed E-state index contributed by atoms with van der Waals surface area (Å²) >= 11 is 0. The van der Waals surface area contributed by atoms with Gasteiger partial charge in [0.2, 0.25) is 5.91 Å². The Bertz CT molecular complexity index is 445. The maximum atomic E-state index is 12.0. The lowest BCUT2D eigenvalue weighted by molar-refractivity contribution is -0.123. The summed E-state index contributed by atoms with van der Waals surface area (Å²) in [4.78, 5) is 12.0. The van der Waals surface area contributed by atoms with Crippen molar-refractivity contribution in [2.75, 3.05) is 13.7 Å². The van der Waals surface area contributed by atoms with Crippen LogP contribution in [0.2, 0.25) is 0 Å². The predicted octanol–water partition coefficient (Wildman–Crippen LogP) is 2.18. The van der Waals surface area contributed by atoms with Crippen LogP contribution < -0.4 is 15.4 Å². The first-order valence-electron chi connectivity index (χ1n) is 6.85. The molecule has 0 aliphatic carbocycles. The quantitative estimate of drug-likeness (QED) is 0.896. The third-order valence-electron chi connectivity index (χ3n) is 3.52. The highest BCUT2D eigenvalue weighted by Gasteiger charge is 2.20. The highest BCUT2D eigenvalue weighted by atomic mass is 35.5. The van der Waals surface area contributed by atoms with Crippen LogP contribution in [0.1, 0.15) is 30.4 Å². The summed E-state index contributed by atoms with van der Waals surface area (Å²) in [5.41, 5.74) is 2.16. The van der Waals surface area contributed by atoms with Crippen molar-refractivity contribution in [3.8, 4) is 5.75 Å². The van der Waals surface area contributed by atoms with E-state index < -0.39 is 0 Å². The Kier molecular flexibility index (Phi) is 6.82. The van der Waals surface area contributed by atoms with Gasteiger partial charge in [0.25, 0.3) is 0 Å². The number of aryl methyl sites for hydroxylation is 1. The van der Waals surface area contributed by atoms with Gasteiger partial charge in [0.15, 0.2) is 0 Å². The van der Waals surface area contributed by atoms with Crippen molar-refractivity contribution in [2.24, 2.45) is 0 Å². The molecule has 2 N–H and O–H groups in total. The lowest BCUT2D eigenvalue weighted by Gasteiger charge is -2.22. The van der Waals surface area contributed by atoms with Gasteiger partial charge in [-0.05, 0) is 37.9 Å². The van der Waals surface area contributed by atoms with Gasteiger partial charge in [-0.3, -0.25) is 4.79 Å². The normalized spacial score (nSPS) is 18.0. The second kappa shape index (κ2) is 8.12. The molecule has 1 fully saturated rings. The zero-order chi connectivity index (χ0) is 13.7. The van der Waals surface area contributed by atoms with Gasteiger partial charge in [0, 0.05) is 12.1 Å². The monoisotopic (exact) mass is 298 g/mol. The number of nitrogens with one attached hydrogen (secondary N) is 2. The molecule has 0 aromatic heterocycles. The number of carbonyl (C=O) groups excluding carboxylic acids is 1. The van der Waals surface area contributed by atoms with Crippen LogP contribution in [0.5, 0.6) is 5.75 Å². The van der Waals surface area contributed by atoms with E-state index in [4.69, 9.17) is 4.74 Å². The van der Waals surface area contributed by atoms with Crippen molar-refractivity contribution in [2.45, 2.75) is 38.8 Å². The molecule has 1 saturated heterocycles. The molecule has 112 valence electrons. The van der Waals surface area contributed by atoms with Crippen molar-refractivity contribution < 1.29 is 9.53 Å². The van der Waals surface area contributed by atoms with Crippen molar-refractivity contribution in [3.05, 3.63) is 29.3 Å². The first-order valence-corrected chi connectivity index (χ1v) is 6.85. The van der Waals surface area contributed by atoms with Crippen LogP contribution in [0.3, 0.4) is 0 Å². The molecule has 1 aliphatic rings. The third-order valence-corrected chi connectivity index (χ3v) is 3.52. The standard InChI is InChI=1S/C15H22N2O2.ClH/c1-11-6-7-12(14(9-11)19-2)10-17-15(18)13-5-3-4-8-16-13;/h6-7,9,13,16H,3-5,8,10H2,1-2H3,(H,17,18);1H. The fourth-order valence-electron chi connectivity index (χ4n) is 2.38. The van der Waals surface area contributed by atoms with E-state index in [1.807, 2.05) is 25.1 Å². The summed E-state index contributed by atoms with van der Waals surface area (Å²) in [7, 11) is 1.66. The number of amides is 1. The van der Waals surface area contributed by atoms with Crippen molar-refractivity contribution in [1.29, 1.82) is 0 Å². The highest BCUT2D eigenvalue weighted by molar-refractivity contribution is 5.85. The fourth-order valence-corrected chi connectivity index (χ4v) is 2.38. The van der Waals surface area contributed by atoms with E-state index in [0.29, 0.717) is 6.54 Å². The second-order valence-corrected chi connectivity index (χ2v) is 5.04. The maximum Gasteiger partial charge on any atom is 0.237 e. The highest BCUT2D eigenvalue weighted by Crippen LogP contribution is 2.19. The van der Waals surface area contributed by atoms with Crippen LogP contribution in [-0.2, 0) is 11.3 Å². The van der Waals surface area contributed by atoms with Crippen molar-refractivity contribution in [3.63, 3.8) is 0 Å². The molecule has 1 unspecified atom stereocenters. The molecule has 1 heterocycles. The van der Waals surface area contributed by atoms with E-state index in [0.717, 1.165) is 42.7 Å². The Hall–Kier alpha value is -1.26. The van der Waals surface area contributed by atoms with Gasteiger partial charge in [0.1, 0.15) is 5.75 Å². The first kappa shape index (κ1) is 16.8. The molecule has 20 heavy (non-hydrogen) atoms. The molecule has 0 radical (unpaired) electrons. The summed E-state index contributed by atoms with van der Waals surface area (Å²) in [5.74, 6) is 0.916. The zero-order valence-electron chi connectivity index (χ0n) is 12.1. The van der Waals surface area contributed by atoms with Gasteiger partial charge in [-0.2, -0.15) is 0 Å². The van der Waals surface area contributed by atoms with E-state index in [-0.39, 0.29) is 24.4 Å². The molecule has 1 amide bonds. The molecular formula is C15H23ClN2O2. The van der Waals surface area contributed by atoms with Gasteiger partial charge < -0.3 is 15.4 Å². The summed E-state index contributed by atoms with van der Waals surface area (Å²) in [6.07, 6.45) is 3.21. The Labute approximate surface area is 126 Å². The summed E-state index contributed by atoms with van der Waals surface area (Å²) < 4.78 is 5.34. The molecule has 5 heteroatoms. The predicted molar refractivity (Wildman–Crippen MR) is 82.5 cm³/mol. The molecule has 2 rings (SSSR count). The SMILES string of the molecule is COc1cc(C)ccc1CNC(=O)C1CCCCN1.Cl. The van der Waals surface area contributed by atoms with Crippen LogP contribution in [0.15, 0.2) is 18.2 Å². The van der Waals surface area contributed by atoms with E-state index in [1.54, 1.807) is 7.11 Å². The van der Waals surface area contributed by atoms with E-state index in [1.165, 1.54) is 0 Å². The summed E-state index contributed by atoms with van der Waals surface area (Å²) in [5, 5.41) is 6.23. The number of ether oxygens (including phenoxy) is 1. The number of rotatable bonds is 4. The molecule has 1 aromatic carbocycles. The summed E-state index contributed by atoms with van der Waals surface area (Å²) in [6, 6.07) is 5.98. The van der Waals surface area contributed by atoms with E-state index >= 15 is 0 Å². The first-order chi connectivity index (χ1) is 9.20. The molecule has 0 bridgehead atoms. The number of piperidine rings is 1. The molecule has 0 spiro atoms. The number of halogens is 1. The number of methoxy groups -OCH3 is 1. The minimum atomic E-state index is -0.0369. The average Bonchev–Trinajstić information content (AvgIpc) is 2.46. The lowest BCUT2D eigenvalue weighted by atomic mass is 10.0. The zero-order valence-corrected chi connectivity index (χ0v) is 12.9. The Morgan fingerprint density at radius 1 is 1.45 bits per heavy atom. The Morgan fingerprint density at radius 2 is 2.25 bits per heavy atom. The Morgan fingerprint density at radius 3 is 2.90 bits per heavy atom. The van der Waals surface area contributed by atoms with Crippen LogP contribution >= 0.6 is 12.4 Å². The Balaban J connectivity index is 0.00000200. The third kappa shape index (κ3) is 4.39. The molecule has 0 saturated carbocycles. The minimum absolute atomic E-state index is 0. The molecule has 1 aromatic rings. The van der Waals surface area contributed by atoms with E-state index in [9.17, 15) is 4.79 Å². The summed E-state index contributed by atoms with van der Waals surface area (Å²) in [6.45, 7) is 3.48. The minimum Gasteiger partial charge on any atom is -0.496 e. The van der Waals surface area contributed by atoms with Crippen LogP contribution in [0.25, 0.3) is 0 Å². The fraction of sp³-hybridized carbons (Fsp3) is 0.533. The second-order valence-electron chi connectivity index (χ2n) is 5.04. The van der Waals surface area contributed by atoms with Gasteiger partial charge >= 0.3 is 0 Å². The number of carbonyl (C=O) groups is 1. The van der Waals surface area contributed by atoms with Gasteiger partial charge in [0.05, 0.1) is 13.2 Å². The smallest absolute Gasteiger partial charge is 0.237 e. The molecular weight excluding hydrogens is 276 g/mol. The number of benzene rings is 1. The van der Waals surface area contributed by atoms with Crippen LogP contribution in [0.4, 0.5) is 0 Å². The van der Waals surface area contributed by atoms with Crippen LogP contribution in [-0.4, -0.2) is 25.6 Å².